The highest BCUT2D eigenvalue weighted by atomic mass is 32.2. The summed E-state index contributed by atoms with van der Waals surface area (Å²) in [5, 5.41) is 0. The van der Waals surface area contributed by atoms with E-state index in [9.17, 15) is 8.42 Å². The van der Waals surface area contributed by atoms with E-state index in [4.69, 9.17) is 14.2 Å². The van der Waals surface area contributed by atoms with E-state index in [0.29, 0.717) is 33.0 Å². The van der Waals surface area contributed by atoms with Gasteiger partial charge in [-0.15, -0.1) is 11.8 Å². The van der Waals surface area contributed by atoms with Crippen molar-refractivity contribution >= 4 is 21.9 Å². The second-order valence-electron chi connectivity index (χ2n) is 7.98. The minimum Gasteiger partial charge on any atom is -0.378 e. The zero-order chi connectivity index (χ0) is 26.8. The topological polar surface area (TPSA) is 71.1 Å². The van der Waals surface area contributed by atoms with Gasteiger partial charge >= 0.3 is 0 Å². The molecule has 0 unspecified atom stereocenters. The van der Waals surface area contributed by atoms with Gasteiger partial charge in [-0.05, 0) is 23.6 Å². The standard InChI is InChI=1S/C29H38O6S2/c1-4-12-26(13-5-2)29(27-14-8-6-9-15-27,28-16-10-7-11-17-28)36-25-24-34-21-20-32-18-19-33-22-23-35-37(3,30)31/h4-17H,1,18-25H2,2-3H3/b13-5-,26-12+. The fourth-order valence-corrected chi connectivity index (χ4v) is 5.52. The zero-order valence-electron chi connectivity index (χ0n) is 21.7. The second kappa shape index (κ2) is 17.3. The van der Waals surface area contributed by atoms with Gasteiger partial charge in [-0.25, -0.2) is 0 Å². The summed E-state index contributed by atoms with van der Waals surface area (Å²) < 4.78 is 42.6. The molecule has 202 valence electrons. The van der Waals surface area contributed by atoms with Crippen LogP contribution in [-0.4, -0.2) is 66.7 Å². The Kier molecular flexibility index (Phi) is 14.5. The third kappa shape index (κ3) is 11.0. The molecule has 0 atom stereocenters. The van der Waals surface area contributed by atoms with E-state index >= 15 is 0 Å². The lowest BCUT2D eigenvalue weighted by molar-refractivity contribution is 0.0122. The Morgan fingerprint density at radius 2 is 1.32 bits per heavy atom. The third-order valence-electron chi connectivity index (χ3n) is 5.23. The largest absolute Gasteiger partial charge is 0.378 e. The molecular weight excluding hydrogens is 508 g/mol. The summed E-state index contributed by atoms with van der Waals surface area (Å²) in [6, 6.07) is 21.1. The number of hydrogen-bond acceptors (Lipinski definition) is 7. The van der Waals surface area contributed by atoms with Gasteiger partial charge in [-0.1, -0.05) is 91.5 Å². The van der Waals surface area contributed by atoms with Crippen molar-refractivity contribution in [1.82, 2.24) is 0 Å². The van der Waals surface area contributed by atoms with Crippen molar-refractivity contribution in [3.05, 3.63) is 108 Å². The molecule has 0 saturated heterocycles. The fraction of sp³-hybridized carbons (Fsp3) is 0.379. The average molecular weight is 547 g/mol. The first-order valence-corrected chi connectivity index (χ1v) is 15.0. The second-order valence-corrected chi connectivity index (χ2v) is 10.9. The first-order chi connectivity index (χ1) is 17.9. The van der Waals surface area contributed by atoms with Crippen molar-refractivity contribution in [2.24, 2.45) is 0 Å². The maximum atomic E-state index is 10.9. The quantitative estimate of drug-likeness (QED) is 0.133. The number of ether oxygens (including phenoxy) is 3. The maximum Gasteiger partial charge on any atom is 0.264 e. The molecule has 0 heterocycles. The molecule has 2 rings (SSSR count). The van der Waals surface area contributed by atoms with Crippen molar-refractivity contribution < 1.29 is 26.8 Å². The maximum absolute atomic E-state index is 10.9. The smallest absolute Gasteiger partial charge is 0.264 e. The van der Waals surface area contributed by atoms with Crippen LogP contribution in [0.15, 0.2) is 97.1 Å². The van der Waals surface area contributed by atoms with E-state index in [-0.39, 0.29) is 13.2 Å². The van der Waals surface area contributed by atoms with E-state index in [1.54, 1.807) is 0 Å². The predicted molar refractivity (Wildman–Crippen MR) is 152 cm³/mol. The molecular formula is C29H38O6S2. The summed E-state index contributed by atoms with van der Waals surface area (Å²) in [6.45, 7) is 8.47. The van der Waals surface area contributed by atoms with Gasteiger partial charge in [0.25, 0.3) is 10.1 Å². The highest BCUT2D eigenvalue weighted by molar-refractivity contribution is 8.00. The number of hydrogen-bond donors (Lipinski definition) is 0. The van der Waals surface area contributed by atoms with Crippen LogP contribution in [0, 0.1) is 0 Å². The molecule has 0 saturated carbocycles. The van der Waals surface area contributed by atoms with Crippen molar-refractivity contribution in [2.45, 2.75) is 11.7 Å². The van der Waals surface area contributed by atoms with Crippen LogP contribution in [0.3, 0.4) is 0 Å². The highest BCUT2D eigenvalue weighted by Crippen LogP contribution is 2.49. The molecule has 0 N–H and O–H groups in total. The van der Waals surface area contributed by atoms with Crippen LogP contribution in [0.1, 0.15) is 18.1 Å². The van der Waals surface area contributed by atoms with Crippen LogP contribution in [0.2, 0.25) is 0 Å². The van der Waals surface area contributed by atoms with Gasteiger partial charge in [0.15, 0.2) is 0 Å². The van der Waals surface area contributed by atoms with E-state index in [1.165, 1.54) is 11.1 Å². The van der Waals surface area contributed by atoms with Gasteiger partial charge in [0.2, 0.25) is 0 Å². The number of benzene rings is 2. The molecule has 0 bridgehead atoms. The zero-order valence-corrected chi connectivity index (χ0v) is 23.3. The summed E-state index contributed by atoms with van der Waals surface area (Å²) >= 11 is 1.84. The number of rotatable bonds is 19. The lowest BCUT2D eigenvalue weighted by Gasteiger charge is -2.36. The molecule has 8 heteroatoms. The predicted octanol–water partition coefficient (Wildman–Crippen LogP) is 5.38. The van der Waals surface area contributed by atoms with Crippen molar-refractivity contribution in [2.75, 3.05) is 58.3 Å². The summed E-state index contributed by atoms with van der Waals surface area (Å²) in [4.78, 5) is 0. The average Bonchev–Trinajstić information content (AvgIpc) is 2.89. The normalized spacial score (nSPS) is 12.8. The molecule has 0 amide bonds. The first kappa shape index (κ1) is 31.0. The SMILES string of the molecule is C=C/C=C(\C=C/C)C(SCCOCCOCCOCCOS(C)(=O)=O)(c1ccccc1)c1ccccc1. The number of allylic oxidation sites excluding steroid dienone is 4. The molecule has 37 heavy (non-hydrogen) atoms. The Morgan fingerprint density at radius 3 is 1.78 bits per heavy atom. The van der Waals surface area contributed by atoms with Crippen LogP contribution in [0.25, 0.3) is 0 Å². The Labute approximate surface area is 226 Å². The van der Waals surface area contributed by atoms with Crippen LogP contribution >= 0.6 is 11.8 Å². The van der Waals surface area contributed by atoms with Crippen molar-refractivity contribution in [3.8, 4) is 0 Å². The molecule has 0 aliphatic carbocycles. The summed E-state index contributed by atoms with van der Waals surface area (Å²) in [7, 11) is -3.43. The first-order valence-electron chi connectivity index (χ1n) is 12.2. The summed E-state index contributed by atoms with van der Waals surface area (Å²) in [6.07, 6.45) is 9.15. The highest BCUT2D eigenvalue weighted by Gasteiger charge is 2.37. The lowest BCUT2D eigenvalue weighted by atomic mass is 9.83. The molecule has 6 nitrogen and oxygen atoms in total. The van der Waals surface area contributed by atoms with Gasteiger partial charge in [0.1, 0.15) is 0 Å². The third-order valence-corrected chi connectivity index (χ3v) is 7.33. The minimum absolute atomic E-state index is 0.00478. The van der Waals surface area contributed by atoms with Gasteiger partial charge in [0, 0.05) is 5.75 Å². The van der Waals surface area contributed by atoms with Gasteiger partial charge in [-0.3, -0.25) is 4.18 Å². The monoisotopic (exact) mass is 546 g/mol. The Balaban J connectivity index is 1.91. The van der Waals surface area contributed by atoms with Gasteiger partial charge in [-0.2, -0.15) is 8.42 Å². The van der Waals surface area contributed by atoms with Gasteiger partial charge < -0.3 is 14.2 Å². The minimum atomic E-state index is -3.43. The van der Waals surface area contributed by atoms with Crippen LogP contribution in [0.4, 0.5) is 0 Å². The molecule has 0 aliphatic rings. The summed E-state index contributed by atoms with van der Waals surface area (Å²) in [5.74, 6) is 0.777. The molecule has 2 aromatic rings. The molecule has 0 aliphatic heterocycles. The van der Waals surface area contributed by atoms with Crippen molar-refractivity contribution in [1.29, 1.82) is 0 Å². The molecule has 0 aromatic heterocycles. The van der Waals surface area contributed by atoms with E-state index < -0.39 is 14.9 Å². The molecule has 0 fully saturated rings. The van der Waals surface area contributed by atoms with E-state index in [1.807, 2.05) is 36.9 Å². The van der Waals surface area contributed by atoms with E-state index in [0.717, 1.165) is 17.6 Å². The van der Waals surface area contributed by atoms with Crippen LogP contribution in [-0.2, 0) is 33.3 Å². The van der Waals surface area contributed by atoms with Gasteiger partial charge in [0.05, 0.1) is 57.3 Å². The Morgan fingerprint density at radius 1 is 0.838 bits per heavy atom. The van der Waals surface area contributed by atoms with Crippen LogP contribution < -0.4 is 0 Å². The van der Waals surface area contributed by atoms with Crippen LogP contribution in [0.5, 0.6) is 0 Å². The molecule has 0 spiro atoms. The van der Waals surface area contributed by atoms with Crippen molar-refractivity contribution in [3.63, 3.8) is 0 Å². The van der Waals surface area contributed by atoms with E-state index in [2.05, 4.69) is 77.5 Å². The molecule has 2 aromatic carbocycles. The Bertz CT molecular complexity index is 1030. The Hall–Kier alpha value is -2.20. The fourth-order valence-electron chi connectivity index (χ4n) is 3.73. The lowest BCUT2D eigenvalue weighted by Crippen LogP contribution is -2.27. The number of thioether (sulfide) groups is 1. The molecule has 0 radical (unpaired) electrons. The summed E-state index contributed by atoms with van der Waals surface area (Å²) in [5.41, 5.74) is 3.54.